The highest BCUT2D eigenvalue weighted by molar-refractivity contribution is 8.00. The Kier molecular flexibility index (Phi) is 3.94. The van der Waals surface area contributed by atoms with Crippen molar-refractivity contribution in [3.05, 3.63) is 35.1 Å². The summed E-state index contributed by atoms with van der Waals surface area (Å²) in [6.07, 6.45) is 0. The molecule has 0 spiro atoms. The highest BCUT2D eigenvalue weighted by atomic mass is 32.2. The number of nitriles is 1. The van der Waals surface area contributed by atoms with Crippen LogP contribution in [0.4, 0.5) is 4.39 Å². The van der Waals surface area contributed by atoms with Gasteiger partial charge < -0.3 is 0 Å². The van der Waals surface area contributed by atoms with Crippen LogP contribution < -0.4 is 0 Å². The van der Waals surface area contributed by atoms with Gasteiger partial charge in [0.05, 0.1) is 5.56 Å². The molecule has 0 aromatic heterocycles. The summed E-state index contributed by atoms with van der Waals surface area (Å²) in [5, 5.41) is 8.82. The molecular formula is C14H17FN2S. The second-order valence-corrected chi connectivity index (χ2v) is 7.05. The molecule has 0 radical (unpaired) electrons. The van der Waals surface area contributed by atoms with Gasteiger partial charge in [0.1, 0.15) is 11.9 Å². The molecule has 96 valence electrons. The van der Waals surface area contributed by atoms with Gasteiger partial charge in [0.2, 0.25) is 0 Å². The van der Waals surface area contributed by atoms with Crippen LogP contribution in [0.2, 0.25) is 0 Å². The number of nitrogens with zero attached hydrogens (tertiary/aromatic N) is 2. The molecule has 4 heteroatoms. The van der Waals surface area contributed by atoms with Crippen molar-refractivity contribution in [2.75, 3.05) is 18.8 Å². The summed E-state index contributed by atoms with van der Waals surface area (Å²) in [6, 6.07) is 6.70. The predicted molar refractivity (Wildman–Crippen MR) is 72.9 cm³/mol. The van der Waals surface area contributed by atoms with Crippen molar-refractivity contribution in [3.63, 3.8) is 0 Å². The van der Waals surface area contributed by atoms with Gasteiger partial charge in [-0.05, 0) is 31.5 Å². The van der Waals surface area contributed by atoms with E-state index >= 15 is 0 Å². The summed E-state index contributed by atoms with van der Waals surface area (Å²) in [4.78, 5) is 2.37. The molecule has 18 heavy (non-hydrogen) atoms. The summed E-state index contributed by atoms with van der Waals surface area (Å²) in [6.45, 7) is 7.35. The summed E-state index contributed by atoms with van der Waals surface area (Å²) >= 11 is 1.99. The van der Waals surface area contributed by atoms with E-state index in [9.17, 15) is 4.39 Å². The van der Waals surface area contributed by atoms with Crippen molar-refractivity contribution in [1.82, 2.24) is 4.90 Å². The third-order valence-electron chi connectivity index (χ3n) is 3.06. The largest absolute Gasteiger partial charge is 0.297 e. The minimum atomic E-state index is -0.434. The van der Waals surface area contributed by atoms with Gasteiger partial charge in [-0.15, -0.1) is 0 Å². The topological polar surface area (TPSA) is 27.0 Å². The van der Waals surface area contributed by atoms with E-state index in [0.29, 0.717) is 0 Å². The van der Waals surface area contributed by atoms with E-state index < -0.39 is 5.82 Å². The van der Waals surface area contributed by atoms with Gasteiger partial charge in [-0.1, -0.05) is 6.07 Å². The van der Waals surface area contributed by atoms with E-state index in [1.54, 1.807) is 12.1 Å². The van der Waals surface area contributed by atoms with Gasteiger partial charge in [0.15, 0.2) is 0 Å². The van der Waals surface area contributed by atoms with Crippen LogP contribution in [0.1, 0.15) is 25.0 Å². The zero-order valence-corrected chi connectivity index (χ0v) is 11.6. The van der Waals surface area contributed by atoms with E-state index in [2.05, 4.69) is 18.7 Å². The number of rotatable bonds is 2. The number of thioether (sulfide) groups is 1. The molecule has 0 N–H and O–H groups in total. The summed E-state index contributed by atoms with van der Waals surface area (Å²) in [5.74, 6) is 0.690. The van der Waals surface area contributed by atoms with Gasteiger partial charge in [0, 0.05) is 30.1 Å². The van der Waals surface area contributed by atoms with Crippen LogP contribution in [-0.4, -0.2) is 28.5 Å². The van der Waals surface area contributed by atoms with Crippen LogP contribution >= 0.6 is 11.8 Å². The highest BCUT2D eigenvalue weighted by Gasteiger charge is 2.26. The fraction of sp³-hybridized carbons (Fsp3) is 0.500. The number of benzene rings is 1. The number of hydrogen-bond donors (Lipinski definition) is 0. The predicted octanol–water partition coefficient (Wildman–Crippen LogP) is 3.02. The second kappa shape index (κ2) is 5.29. The third kappa shape index (κ3) is 3.24. The monoisotopic (exact) mass is 264 g/mol. The molecule has 1 heterocycles. The van der Waals surface area contributed by atoms with Gasteiger partial charge in [0.25, 0.3) is 0 Å². The average Bonchev–Trinajstić information content (AvgIpc) is 2.30. The first-order valence-corrected chi connectivity index (χ1v) is 7.03. The summed E-state index contributed by atoms with van der Waals surface area (Å²) in [7, 11) is 0. The maximum atomic E-state index is 13.2. The Morgan fingerprint density at radius 3 is 2.94 bits per heavy atom. The standard InChI is InChI=1S/C14H17FN2S/c1-14(2)10-17(5-6-18-14)9-11-3-4-13(15)12(7-11)8-16/h3-4,7H,5-6,9-10H2,1-2H3. The van der Waals surface area contributed by atoms with Crippen molar-refractivity contribution in [1.29, 1.82) is 5.26 Å². The van der Waals surface area contributed by atoms with Crippen LogP contribution in [0, 0.1) is 17.1 Å². The zero-order valence-electron chi connectivity index (χ0n) is 10.7. The fourth-order valence-electron chi connectivity index (χ4n) is 2.26. The first kappa shape index (κ1) is 13.4. The molecule has 0 aliphatic carbocycles. The van der Waals surface area contributed by atoms with E-state index in [1.165, 1.54) is 6.07 Å². The molecule has 1 aliphatic heterocycles. The Morgan fingerprint density at radius 1 is 1.50 bits per heavy atom. The van der Waals surface area contributed by atoms with E-state index in [1.807, 2.05) is 17.8 Å². The van der Waals surface area contributed by atoms with Gasteiger partial charge in [-0.3, -0.25) is 4.90 Å². The lowest BCUT2D eigenvalue weighted by Crippen LogP contribution is -2.42. The van der Waals surface area contributed by atoms with Crippen molar-refractivity contribution >= 4 is 11.8 Å². The maximum Gasteiger partial charge on any atom is 0.140 e. The fourth-order valence-corrected chi connectivity index (χ4v) is 3.44. The minimum absolute atomic E-state index is 0.137. The molecule has 0 saturated carbocycles. The van der Waals surface area contributed by atoms with E-state index in [-0.39, 0.29) is 10.3 Å². The van der Waals surface area contributed by atoms with Crippen LogP contribution in [0.3, 0.4) is 0 Å². The summed E-state index contributed by atoms with van der Waals surface area (Å²) in [5.41, 5.74) is 1.15. The molecule has 2 nitrogen and oxygen atoms in total. The van der Waals surface area contributed by atoms with Crippen LogP contribution in [0.25, 0.3) is 0 Å². The quantitative estimate of drug-likeness (QED) is 0.821. The molecule has 1 aromatic rings. The van der Waals surface area contributed by atoms with Gasteiger partial charge >= 0.3 is 0 Å². The first-order chi connectivity index (χ1) is 8.50. The van der Waals surface area contributed by atoms with Crippen LogP contribution in [0.5, 0.6) is 0 Å². The second-order valence-electron chi connectivity index (χ2n) is 5.24. The molecule has 1 aromatic carbocycles. The number of halogens is 1. The molecule has 1 saturated heterocycles. The Labute approximate surface area is 112 Å². The molecule has 1 aliphatic rings. The highest BCUT2D eigenvalue weighted by Crippen LogP contribution is 2.30. The minimum Gasteiger partial charge on any atom is -0.297 e. The molecule has 0 bridgehead atoms. The van der Waals surface area contributed by atoms with Crippen molar-refractivity contribution < 1.29 is 4.39 Å². The van der Waals surface area contributed by atoms with Gasteiger partial charge in [-0.2, -0.15) is 17.0 Å². The van der Waals surface area contributed by atoms with Crippen LogP contribution in [-0.2, 0) is 6.54 Å². The Morgan fingerprint density at radius 2 is 2.28 bits per heavy atom. The lowest BCUT2D eigenvalue weighted by Gasteiger charge is -2.37. The smallest absolute Gasteiger partial charge is 0.140 e. The van der Waals surface area contributed by atoms with Crippen molar-refractivity contribution in [3.8, 4) is 6.07 Å². The summed E-state index contributed by atoms with van der Waals surface area (Å²) < 4.78 is 13.5. The molecule has 0 atom stereocenters. The maximum absolute atomic E-state index is 13.2. The van der Waals surface area contributed by atoms with Gasteiger partial charge in [-0.25, -0.2) is 4.39 Å². The Balaban J connectivity index is 2.08. The molecule has 0 unspecified atom stereocenters. The third-order valence-corrected chi connectivity index (χ3v) is 4.36. The van der Waals surface area contributed by atoms with Crippen molar-refractivity contribution in [2.24, 2.45) is 0 Å². The normalized spacial score (nSPS) is 19.4. The molecule has 2 rings (SSSR count). The van der Waals surface area contributed by atoms with E-state index in [0.717, 1.165) is 31.0 Å². The first-order valence-electron chi connectivity index (χ1n) is 6.05. The SMILES string of the molecule is CC1(C)CN(Cc2ccc(F)c(C#N)c2)CCS1. The lowest BCUT2D eigenvalue weighted by molar-refractivity contribution is 0.252. The van der Waals surface area contributed by atoms with Crippen molar-refractivity contribution in [2.45, 2.75) is 25.1 Å². The Bertz CT molecular complexity index is 479. The molecule has 0 amide bonds. The Hall–Kier alpha value is -1.05. The van der Waals surface area contributed by atoms with E-state index in [4.69, 9.17) is 5.26 Å². The zero-order chi connectivity index (χ0) is 13.2. The molecule has 1 fully saturated rings. The number of hydrogen-bond acceptors (Lipinski definition) is 3. The average molecular weight is 264 g/mol. The van der Waals surface area contributed by atoms with Crippen LogP contribution in [0.15, 0.2) is 18.2 Å². The lowest BCUT2D eigenvalue weighted by atomic mass is 10.1. The molecular weight excluding hydrogens is 247 g/mol.